The average Bonchev–Trinajstić information content (AvgIpc) is 2.68. The smallest absolute Gasteiger partial charge is 0.355 e. The lowest BCUT2D eigenvalue weighted by molar-refractivity contribution is 0.0517. The van der Waals surface area contributed by atoms with Crippen LogP contribution in [0, 0.1) is 6.92 Å². The molecule has 0 aliphatic heterocycles. The Morgan fingerprint density at radius 3 is 3.13 bits per heavy atom. The molecule has 0 saturated heterocycles. The summed E-state index contributed by atoms with van der Waals surface area (Å²) in [5.41, 5.74) is 1.94. The van der Waals surface area contributed by atoms with Crippen LogP contribution in [0.4, 0.5) is 0 Å². The molecule has 0 amide bonds. The van der Waals surface area contributed by atoms with Gasteiger partial charge in [0.05, 0.1) is 6.61 Å². The van der Waals surface area contributed by atoms with Crippen LogP contribution in [0.15, 0.2) is 24.5 Å². The number of pyridine rings is 1. The maximum absolute atomic E-state index is 11.6. The molecule has 0 N–H and O–H groups in total. The fourth-order valence-corrected chi connectivity index (χ4v) is 1.44. The van der Waals surface area contributed by atoms with E-state index < -0.39 is 0 Å². The molecule has 0 saturated carbocycles. The Morgan fingerprint density at radius 1 is 1.60 bits per heavy atom. The lowest BCUT2D eigenvalue weighted by atomic mass is 10.2. The molecule has 77 valence electrons. The minimum atomic E-state index is -0.347. The van der Waals surface area contributed by atoms with Crippen molar-refractivity contribution in [3.63, 3.8) is 0 Å². The number of imidazole rings is 1. The van der Waals surface area contributed by atoms with Gasteiger partial charge in [-0.3, -0.25) is 4.40 Å². The monoisotopic (exact) mass is 203 g/mol. The average molecular weight is 203 g/mol. The number of aromatic nitrogens is 2. The van der Waals surface area contributed by atoms with Crippen LogP contribution in [-0.4, -0.2) is 22.0 Å². The molecule has 0 atom stereocenters. The molecule has 0 spiro atoms. The Balaban J connectivity index is 2.57. The standard InChI is InChI=1S/C11H11N2O2/c1-3-15-11(14)9-5-4-8(2)10-12-6-7-13(9)10/h4-7H,2-3H2,1H3. The molecule has 15 heavy (non-hydrogen) atoms. The van der Waals surface area contributed by atoms with Crippen molar-refractivity contribution in [2.45, 2.75) is 6.92 Å². The Morgan fingerprint density at radius 2 is 2.40 bits per heavy atom. The van der Waals surface area contributed by atoms with Gasteiger partial charge in [-0.25, -0.2) is 9.78 Å². The number of carbonyl (C=O) groups excluding carboxylic acids is 1. The second-order valence-corrected chi connectivity index (χ2v) is 3.09. The van der Waals surface area contributed by atoms with E-state index in [0.717, 1.165) is 5.56 Å². The topological polar surface area (TPSA) is 43.6 Å². The first-order valence-electron chi connectivity index (χ1n) is 4.69. The third kappa shape index (κ3) is 1.58. The van der Waals surface area contributed by atoms with Gasteiger partial charge in [0.25, 0.3) is 0 Å². The summed E-state index contributed by atoms with van der Waals surface area (Å²) in [6, 6.07) is 3.45. The van der Waals surface area contributed by atoms with Crippen molar-refractivity contribution in [2.24, 2.45) is 0 Å². The van der Waals surface area contributed by atoms with Crippen LogP contribution in [0.3, 0.4) is 0 Å². The number of hydrogen-bond donors (Lipinski definition) is 0. The minimum absolute atomic E-state index is 0.347. The number of fused-ring (bicyclic) bond motifs is 1. The number of rotatable bonds is 2. The number of nitrogens with zero attached hydrogens (tertiary/aromatic N) is 2. The van der Waals surface area contributed by atoms with Gasteiger partial charge in [-0.15, -0.1) is 0 Å². The number of esters is 1. The van der Waals surface area contributed by atoms with E-state index in [2.05, 4.69) is 11.9 Å². The molecule has 0 aliphatic rings. The SMILES string of the molecule is [CH2]c1ccc(C(=O)OCC)n2ccnc12. The van der Waals surface area contributed by atoms with E-state index in [0.29, 0.717) is 17.9 Å². The molecule has 1 radical (unpaired) electrons. The highest BCUT2D eigenvalue weighted by Crippen LogP contribution is 2.12. The molecule has 0 fully saturated rings. The maximum Gasteiger partial charge on any atom is 0.355 e. The molecular formula is C11H11N2O2. The van der Waals surface area contributed by atoms with Crippen LogP contribution in [0.5, 0.6) is 0 Å². The number of hydrogen-bond acceptors (Lipinski definition) is 3. The second-order valence-electron chi connectivity index (χ2n) is 3.09. The fraction of sp³-hybridized carbons (Fsp3) is 0.182. The van der Waals surface area contributed by atoms with Crippen molar-refractivity contribution >= 4 is 11.6 Å². The van der Waals surface area contributed by atoms with E-state index in [1.54, 1.807) is 35.9 Å². The van der Waals surface area contributed by atoms with Crippen molar-refractivity contribution < 1.29 is 9.53 Å². The molecular weight excluding hydrogens is 192 g/mol. The zero-order valence-corrected chi connectivity index (χ0v) is 8.43. The molecule has 0 bridgehead atoms. The molecule has 4 heteroatoms. The van der Waals surface area contributed by atoms with Gasteiger partial charge in [0.15, 0.2) is 0 Å². The first kappa shape index (κ1) is 9.71. The summed E-state index contributed by atoms with van der Waals surface area (Å²) in [5.74, 6) is -0.347. The van der Waals surface area contributed by atoms with Crippen molar-refractivity contribution in [1.29, 1.82) is 0 Å². The summed E-state index contributed by atoms with van der Waals surface area (Å²) in [5, 5.41) is 0. The predicted molar refractivity (Wildman–Crippen MR) is 55.6 cm³/mol. The zero-order chi connectivity index (χ0) is 10.8. The van der Waals surface area contributed by atoms with Crippen LogP contribution in [0.2, 0.25) is 0 Å². The molecule has 2 heterocycles. The fourth-order valence-electron chi connectivity index (χ4n) is 1.44. The molecule has 2 aromatic heterocycles. The van der Waals surface area contributed by atoms with Crippen molar-refractivity contribution in [2.75, 3.05) is 6.61 Å². The van der Waals surface area contributed by atoms with Crippen molar-refractivity contribution in [1.82, 2.24) is 9.38 Å². The number of ether oxygens (including phenoxy) is 1. The quantitative estimate of drug-likeness (QED) is 0.697. The molecule has 4 nitrogen and oxygen atoms in total. The van der Waals surface area contributed by atoms with Gasteiger partial charge < -0.3 is 4.74 Å². The normalized spacial score (nSPS) is 10.5. The third-order valence-corrected chi connectivity index (χ3v) is 2.11. The van der Waals surface area contributed by atoms with Crippen LogP contribution in [0.25, 0.3) is 5.65 Å². The van der Waals surface area contributed by atoms with E-state index in [1.165, 1.54) is 0 Å². The lowest BCUT2D eigenvalue weighted by Gasteiger charge is -2.05. The van der Waals surface area contributed by atoms with Gasteiger partial charge in [-0.05, 0) is 25.5 Å². The molecule has 0 aliphatic carbocycles. The van der Waals surface area contributed by atoms with E-state index in [4.69, 9.17) is 4.74 Å². The highest BCUT2D eigenvalue weighted by Gasteiger charge is 2.11. The van der Waals surface area contributed by atoms with Crippen LogP contribution < -0.4 is 0 Å². The highest BCUT2D eigenvalue weighted by molar-refractivity contribution is 5.88. The Hall–Kier alpha value is -1.84. The third-order valence-electron chi connectivity index (χ3n) is 2.11. The van der Waals surface area contributed by atoms with Crippen LogP contribution in [0.1, 0.15) is 23.0 Å². The van der Waals surface area contributed by atoms with Crippen LogP contribution in [-0.2, 0) is 4.74 Å². The molecule has 0 aromatic carbocycles. The van der Waals surface area contributed by atoms with E-state index in [1.807, 2.05) is 0 Å². The highest BCUT2D eigenvalue weighted by atomic mass is 16.5. The largest absolute Gasteiger partial charge is 0.461 e. The maximum atomic E-state index is 11.6. The summed E-state index contributed by atoms with van der Waals surface area (Å²) in [7, 11) is 0. The summed E-state index contributed by atoms with van der Waals surface area (Å²) < 4.78 is 6.62. The second kappa shape index (κ2) is 3.73. The van der Waals surface area contributed by atoms with Gasteiger partial charge in [0.1, 0.15) is 11.3 Å². The molecule has 2 aromatic rings. The summed E-state index contributed by atoms with van der Waals surface area (Å²) in [6.45, 7) is 5.97. The van der Waals surface area contributed by atoms with Crippen molar-refractivity contribution in [3.8, 4) is 0 Å². The first-order chi connectivity index (χ1) is 7.24. The van der Waals surface area contributed by atoms with Gasteiger partial charge in [0.2, 0.25) is 0 Å². The first-order valence-corrected chi connectivity index (χ1v) is 4.69. The summed E-state index contributed by atoms with van der Waals surface area (Å²) >= 11 is 0. The number of carbonyl (C=O) groups is 1. The van der Waals surface area contributed by atoms with E-state index in [-0.39, 0.29) is 5.97 Å². The van der Waals surface area contributed by atoms with Gasteiger partial charge in [0, 0.05) is 12.4 Å². The molecule has 2 rings (SSSR count). The van der Waals surface area contributed by atoms with Gasteiger partial charge >= 0.3 is 5.97 Å². The Labute approximate surface area is 87.5 Å². The van der Waals surface area contributed by atoms with Crippen molar-refractivity contribution in [3.05, 3.63) is 42.7 Å². The lowest BCUT2D eigenvalue weighted by Crippen LogP contribution is -2.10. The Kier molecular flexibility index (Phi) is 2.41. The zero-order valence-electron chi connectivity index (χ0n) is 8.43. The van der Waals surface area contributed by atoms with Crippen LogP contribution >= 0.6 is 0 Å². The summed E-state index contributed by atoms with van der Waals surface area (Å²) in [6.07, 6.45) is 3.35. The van der Waals surface area contributed by atoms with Gasteiger partial charge in [-0.2, -0.15) is 0 Å². The summed E-state index contributed by atoms with van der Waals surface area (Å²) in [4.78, 5) is 15.7. The predicted octanol–water partition coefficient (Wildman–Crippen LogP) is 1.69. The van der Waals surface area contributed by atoms with E-state index >= 15 is 0 Å². The van der Waals surface area contributed by atoms with E-state index in [9.17, 15) is 4.79 Å². The molecule has 0 unspecified atom stereocenters. The minimum Gasteiger partial charge on any atom is -0.461 e. The van der Waals surface area contributed by atoms with Gasteiger partial charge in [-0.1, -0.05) is 6.07 Å². The Bertz CT molecular complexity index is 502.